The molecule has 0 bridgehead atoms. The van der Waals surface area contributed by atoms with Crippen molar-refractivity contribution in [2.75, 3.05) is 20.7 Å². The Morgan fingerprint density at radius 1 is 1.50 bits per heavy atom. The minimum atomic E-state index is 0. The lowest BCUT2D eigenvalue weighted by atomic mass is 10.0. The summed E-state index contributed by atoms with van der Waals surface area (Å²) in [6, 6.07) is 0.623. The van der Waals surface area contributed by atoms with E-state index in [0.717, 1.165) is 6.61 Å². The number of epoxide rings is 1. The summed E-state index contributed by atoms with van der Waals surface area (Å²) in [6.45, 7) is 5.34. The Morgan fingerprint density at radius 3 is 2.00 bits per heavy atom. The summed E-state index contributed by atoms with van der Waals surface area (Å²) in [5.74, 6) is 0. The first-order valence-corrected chi connectivity index (χ1v) is 3.50. The molecule has 2 unspecified atom stereocenters. The minimum Gasteiger partial charge on any atom is -1.00 e. The van der Waals surface area contributed by atoms with Gasteiger partial charge in [0.15, 0.2) is 0 Å². The molecule has 1 aliphatic heterocycles. The Morgan fingerprint density at radius 2 is 1.90 bits per heavy atom. The van der Waals surface area contributed by atoms with Crippen LogP contribution in [0.2, 0.25) is 0 Å². The molecule has 0 amide bonds. The molecule has 3 heteroatoms. The Hall–Kier alpha value is 0.210. The quantitative estimate of drug-likeness (QED) is 0.417. The zero-order valence-electron chi connectivity index (χ0n) is 7.07. The largest absolute Gasteiger partial charge is 1.00 e. The number of nitrogens with one attached hydrogen (secondary N) is 1. The van der Waals surface area contributed by atoms with Gasteiger partial charge in [0, 0.05) is 0 Å². The molecule has 1 saturated heterocycles. The molecule has 1 heterocycles. The molecular weight excluding hydrogens is 150 g/mol. The second-order valence-electron chi connectivity index (χ2n) is 3.40. The molecular formula is C7H16ClNO. The maximum absolute atomic E-state index is 5.30. The van der Waals surface area contributed by atoms with Gasteiger partial charge in [0.25, 0.3) is 0 Å². The summed E-state index contributed by atoms with van der Waals surface area (Å²) in [7, 11) is 4.33. The molecule has 0 aromatic rings. The van der Waals surface area contributed by atoms with E-state index >= 15 is 0 Å². The third kappa shape index (κ3) is 1.84. The number of likely N-dealkylation sites (N-methyl/N-ethyl adjacent to an activating group) is 1. The van der Waals surface area contributed by atoms with E-state index in [1.165, 1.54) is 4.90 Å². The van der Waals surface area contributed by atoms with Crippen molar-refractivity contribution < 1.29 is 22.0 Å². The van der Waals surface area contributed by atoms with Gasteiger partial charge < -0.3 is 22.0 Å². The number of quaternary nitrogens is 1. The van der Waals surface area contributed by atoms with Gasteiger partial charge in [-0.15, -0.1) is 0 Å². The number of ether oxygens (including phenoxy) is 1. The number of halogens is 1. The molecule has 10 heavy (non-hydrogen) atoms. The lowest BCUT2D eigenvalue weighted by Crippen LogP contribution is -3.11. The highest BCUT2D eigenvalue weighted by atomic mass is 35.5. The Kier molecular flexibility index (Phi) is 3.14. The van der Waals surface area contributed by atoms with Crippen molar-refractivity contribution in [1.29, 1.82) is 0 Å². The molecule has 1 fully saturated rings. The van der Waals surface area contributed by atoms with Crippen LogP contribution in [0.4, 0.5) is 0 Å². The number of hydrogen-bond acceptors (Lipinski definition) is 1. The van der Waals surface area contributed by atoms with Crippen LogP contribution in [0.3, 0.4) is 0 Å². The van der Waals surface area contributed by atoms with Crippen molar-refractivity contribution in [3.05, 3.63) is 0 Å². The lowest BCUT2D eigenvalue weighted by molar-refractivity contribution is -0.887. The maximum Gasteiger partial charge on any atom is 0.140 e. The normalized spacial score (nSPS) is 33.3. The molecule has 62 valence electrons. The highest BCUT2D eigenvalue weighted by Gasteiger charge is 2.48. The fourth-order valence-corrected chi connectivity index (χ4v) is 0.974. The van der Waals surface area contributed by atoms with E-state index < -0.39 is 0 Å². The van der Waals surface area contributed by atoms with Crippen molar-refractivity contribution in [3.8, 4) is 0 Å². The van der Waals surface area contributed by atoms with Crippen LogP contribution in [-0.2, 0) is 4.74 Å². The first kappa shape index (κ1) is 10.2. The maximum atomic E-state index is 5.30. The third-order valence-corrected chi connectivity index (χ3v) is 2.38. The molecule has 2 nitrogen and oxygen atoms in total. The summed E-state index contributed by atoms with van der Waals surface area (Å²) in [5, 5.41) is 0. The van der Waals surface area contributed by atoms with Crippen LogP contribution in [0.25, 0.3) is 0 Å². The van der Waals surface area contributed by atoms with Gasteiger partial charge in [-0.1, -0.05) is 0 Å². The molecule has 0 aromatic carbocycles. The van der Waals surface area contributed by atoms with Crippen molar-refractivity contribution >= 4 is 0 Å². The van der Waals surface area contributed by atoms with Gasteiger partial charge in [-0.25, -0.2) is 0 Å². The van der Waals surface area contributed by atoms with Gasteiger partial charge in [-0.2, -0.15) is 0 Å². The van der Waals surface area contributed by atoms with E-state index in [1.54, 1.807) is 0 Å². The summed E-state index contributed by atoms with van der Waals surface area (Å²) >= 11 is 0. The van der Waals surface area contributed by atoms with Crippen molar-refractivity contribution in [1.82, 2.24) is 0 Å². The van der Waals surface area contributed by atoms with Crippen LogP contribution in [0.1, 0.15) is 13.8 Å². The Bertz CT molecular complexity index is 112. The second-order valence-corrected chi connectivity index (χ2v) is 3.40. The van der Waals surface area contributed by atoms with Gasteiger partial charge in [0.05, 0.1) is 20.7 Å². The predicted molar refractivity (Wildman–Crippen MR) is 36.6 cm³/mol. The van der Waals surface area contributed by atoms with Gasteiger partial charge >= 0.3 is 0 Å². The van der Waals surface area contributed by atoms with Crippen LogP contribution in [0.15, 0.2) is 0 Å². The van der Waals surface area contributed by atoms with Crippen LogP contribution in [-0.4, -0.2) is 32.3 Å². The van der Waals surface area contributed by atoms with Gasteiger partial charge in [-0.3, -0.25) is 0 Å². The fourth-order valence-electron chi connectivity index (χ4n) is 0.974. The number of rotatable bonds is 2. The van der Waals surface area contributed by atoms with Crippen LogP contribution in [0.5, 0.6) is 0 Å². The SMILES string of the molecule is CC([NH+](C)C)C1(C)CO1.[Cl-]. The van der Waals surface area contributed by atoms with Crippen molar-refractivity contribution in [3.63, 3.8) is 0 Å². The van der Waals surface area contributed by atoms with E-state index in [1.807, 2.05) is 0 Å². The highest BCUT2D eigenvalue weighted by molar-refractivity contribution is 4.91. The molecule has 2 atom stereocenters. The van der Waals surface area contributed by atoms with Crippen LogP contribution < -0.4 is 17.3 Å². The average Bonchev–Trinajstić information content (AvgIpc) is 2.47. The summed E-state index contributed by atoms with van der Waals surface area (Å²) in [4.78, 5) is 1.47. The van der Waals surface area contributed by atoms with E-state index in [-0.39, 0.29) is 18.0 Å². The second kappa shape index (κ2) is 3.07. The van der Waals surface area contributed by atoms with E-state index in [0.29, 0.717) is 6.04 Å². The highest BCUT2D eigenvalue weighted by Crippen LogP contribution is 2.27. The predicted octanol–water partition coefficient (Wildman–Crippen LogP) is -3.69. The summed E-state index contributed by atoms with van der Waals surface area (Å²) in [5.41, 5.74) is 0.193. The Balaban J connectivity index is 0.000000810. The van der Waals surface area contributed by atoms with Gasteiger partial charge in [0.2, 0.25) is 0 Å². The Labute approximate surface area is 68.9 Å². The van der Waals surface area contributed by atoms with Gasteiger partial charge in [0.1, 0.15) is 11.6 Å². The standard InChI is InChI=1S/C7H15NO.ClH/c1-6(8(3)4)7(2)5-9-7;/h6H,5H2,1-4H3;1H. The monoisotopic (exact) mass is 165 g/mol. The fraction of sp³-hybridized carbons (Fsp3) is 1.00. The lowest BCUT2D eigenvalue weighted by Gasteiger charge is -2.19. The zero-order chi connectivity index (χ0) is 7.07. The van der Waals surface area contributed by atoms with Crippen molar-refractivity contribution in [2.24, 2.45) is 0 Å². The van der Waals surface area contributed by atoms with Gasteiger partial charge in [-0.05, 0) is 13.8 Å². The zero-order valence-corrected chi connectivity index (χ0v) is 7.83. The molecule has 0 saturated carbocycles. The van der Waals surface area contributed by atoms with E-state index in [2.05, 4.69) is 27.9 Å². The molecule has 0 spiro atoms. The first-order valence-electron chi connectivity index (χ1n) is 3.50. The van der Waals surface area contributed by atoms with E-state index in [4.69, 9.17) is 4.74 Å². The molecule has 0 radical (unpaired) electrons. The molecule has 1 rings (SSSR count). The average molecular weight is 166 g/mol. The third-order valence-electron chi connectivity index (χ3n) is 2.38. The topological polar surface area (TPSA) is 17.0 Å². The molecule has 1 aliphatic rings. The summed E-state index contributed by atoms with van der Waals surface area (Å²) in [6.07, 6.45) is 0. The smallest absolute Gasteiger partial charge is 0.140 e. The first-order chi connectivity index (χ1) is 4.06. The van der Waals surface area contributed by atoms with E-state index in [9.17, 15) is 0 Å². The molecule has 1 N–H and O–H groups in total. The van der Waals surface area contributed by atoms with Crippen LogP contribution >= 0.6 is 0 Å². The number of hydrogen-bond donors (Lipinski definition) is 1. The summed E-state index contributed by atoms with van der Waals surface area (Å²) < 4.78 is 5.30. The van der Waals surface area contributed by atoms with Crippen molar-refractivity contribution in [2.45, 2.75) is 25.5 Å². The minimum absolute atomic E-state index is 0. The molecule has 0 aromatic heterocycles. The van der Waals surface area contributed by atoms with Crippen LogP contribution in [0, 0.1) is 0 Å². The molecule has 0 aliphatic carbocycles.